The highest BCUT2D eigenvalue weighted by Crippen LogP contribution is 2.23. The summed E-state index contributed by atoms with van der Waals surface area (Å²) in [6.45, 7) is 0. The van der Waals surface area contributed by atoms with E-state index in [-0.39, 0.29) is 27.2 Å². The molecular weight excluding hydrogens is 204 g/mol. The van der Waals surface area contributed by atoms with Crippen LogP contribution >= 0.6 is 0 Å². The fourth-order valence-electron chi connectivity index (χ4n) is 1.23. The first-order valence-electron chi connectivity index (χ1n) is 3.94. The van der Waals surface area contributed by atoms with Gasteiger partial charge < -0.3 is 15.1 Å². The van der Waals surface area contributed by atoms with Gasteiger partial charge in [0, 0.05) is 6.07 Å². The van der Waals surface area contributed by atoms with Crippen LogP contribution in [0.25, 0.3) is 11.0 Å². The lowest BCUT2D eigenvalue weighted by Crippen LogP contribution is -2.22. The van der Waals surface area contributed by atoms with E-state index >= 15 is 0 Å². The zero-order valence-electron chi connectivity index (χ0n) is 7.63. The van der Waals surface area contributed by atoms with Crippen molar-refractivity contribution < 1.29 is 24.2 Å². The van der Waals surface area contributed by atoms with Crippen molar-refractivity contribution in [1.29, 1.82) is 0 Å². The Morgan fingerprint density at radius 2 is 2.40 bits per heavy atom. The number of carboxylic acid groups (broad SMARTS) is 1. The number of aromatic nitrogens is 2. The van der Waals surface area contributed by atoms with E-state index in [0.717, 1.165) is 0 Å². The SMILES string of the molecule is COc1cc(C(=O)O)cc2c1no[n+]2[O-]. The van der Waals surface area contributed by atoms with Gasteiger partial charge in [-0.15, -0.1) is 0 Å². The molecule has 2 aromatic rings. The van der Waals surface area contributed by atoms with Gasteiger partial charge in [-0.1, -0.05) is 0 Å². The van der Waals surface area contributed by atoms with Gasteiger partial charge in [-0.3, -0.25) is 4.63 Å². The van der Waals surface area contributed by atoms with Gasteiger partial charge in [0.15, 0.2) is 5.75 Å². The molecule has 7 heteroatoms. The predicted octanol–water partition coefficient (Wildman–Crippen LogP) is 0.168. The summed E-state index contributed by atoms with van der Waals surface area (Å²) < 4.78 is 9.22. The van der Waals surface area contributed by atoms with E-state index in [1.807, 2.05) is 0 Å². The van der Waals surface area contributed by atoms with Gasteiger partial charge in [-0.05, 0) is 11.0 Å². The monoisotopic (exact) mass is 210 g/mol. The molecule has 0 bridgehead atoms. The number of methoxy groups -OCH3 is 1. The van der Waals surface area contributed by atoms with Gasteiger partial charge in [-0.25, -0.2) is 4.79 Å². The summed E-state index contributed by atoms with van der Waals surface area (Å²) in [5.74, 6) is -0.973. The zero-order chi connectivity index (χ0) is 11.0. The summed E-state index contributed by atoms with van der Waals surface area (Å²) in [7, 11) is 1.35. The van der Waals surface area contributed by atoms with Crippen molar-refractivity contribution in [2.75, 3.05) is 7.11 Å². The minimum atomic E-state index is -1.16. The Morgan fingerprint density at radius 1 is 1.67 bits per heavy atom. The second-order valence-corrected chi connectivity index (χ2v) is 2.78. The lowest BCUT2D eigenvalue weighted by Gasteiger charge is -1.98. The highest BCUT2D eigenvalue weighted by atomic mass is 16.8. The van der Waals surface area contributed by atoms with E-state index in [9.17, 15) is 10.0 Å². The molecule has 2 rings (SSSR count). The fourth-order valence-corrected chi connectivity index (χ4v) is 1.23. The molecular formula is C8H6N2O5. The molecule has 0 saturated carbocycles. The van der Waals surface area contributed by atoms with Crippen LogP contribution in [0.5, 0.6) is 5.75 Å². The summed E-state index contributed by atoms with van der Waals surface area (Å²) in [6.07, 6.45) is 0. The maximum Gasteiger partial charge on any atom is 0.335 e. The molecule has 0 amide bonds. The average molecular weight is 210 g/mol. The Morgan fingerprint density at radius 3 is 3.00 bits per heavy atom. The van der Waals surface area contributed by atoms with Crippen LogP contribution < -0.4 is 9.64 Å². The summed E-state index contributed by atoms with van der Waals surface area (Å²) in [5, 5.41) is 23.3. The standard InChI is InChI=1S/C8H6N2O5/c1-14-6-3-4(8(11)12)2-5-7(6)9-15-10(5)13/h2-3H,1H3,(H,11,12). The molecule has 0 fully saturated rings. The molecule has 1 aromatic carbocycles. The Kier molecular flexibility index (Phi) is 1.93. The Balaban J connectivity index is 2.79. The number of ether oxygens (including phenoxy) is 1. The molecule has 1 N–H and O–H groups in total. The van der Waals surface area contributed by atoms with Gasteiger partial charge in [0.25, 0.3) is 5.52 Å². The molecule has 7 nitrogen and oxygen atoms in total. The van der Waals surface area contributed by atoms with E-state index in [1.165, 1.54) is 19.2 Å². The first-order valence-corrected chi connectivity index (χ1v) is 3.94. The van der Waals surface area contributed by atoms with E-state index in [4.69, 9.17) is 9.84 Å². The number of hydrogen-bond acceptors (Lipinski definition) is 5. The number of aromatic carboxylic acids is 1. The number of carbonyl (C=O) groups is 1. The molecule has 0 aliphatic carbocycles. The van der Waals surface area contributed by atoms with Crippen LogP contribution in [0.2, 0.25) is 0 Å². The average Bonchev–Trinajstić information content (AvgIpc) is 2.59. The van der Waals surface area contributed by atoms with Gasteiger partial charge in [-0.2, -0.15) is 0 Å². The van der Waals surface area contributed by atoms with Crippen LogP contribution in [0.4, 0.5) is 0 Å². The van der Waals surface area contributed by atoms with Gasteiger partial charge in [0.2, 0.25) is 5.52 Å². The second kappa shape index (κ2) is 3.12. The highest BCUT2D eigenvalue weighted by molar-refractivity contribution is 5.93. The second-order valence-electron chi connectivity index (χ2n) is 2.78. The van der Waals surface area contributed by atoms with Crippen LogP contribution in [0, 0.1) is 5.21 Å². The van der Waals surface area contributed by atoms with Crippen molar-refractivity contribution in [3.8, 4) is 5.75 Å². The lowest BCUT2D eigenvalue weighted by molar-refractivity contribution is -0.782. The normalized spacial score (nSPS) is 10.5. The molecule has 0 aliphatic rings. The van der Waals surface area contributed by atoms with Crippen molar-refractivity contribution in [1.82, 2.24) is 5.16 Å². The van der Waals surface area contributed by atoms with E-state index < -0.39 is 5.97 Å². The van der Waals surface area contributed by atoms with Crippen LogP contribution in [0.3, 0.4) is 0 Å². The minimum absolute atomic E-state index is 0.0201. The number of benzene rings is 1. The third-order valence-corrected chi connectivity index (χ3v) is 1.92. The Labute approximate surface area is 83.0 Å². The third-order valence-electron chi connectivity index (χ3n) is 1.92. The smallest absolute Gasteiger partial charge is 0.335 e. The van der Waals surface area contributed by atoms with Crippen LogP contribution in [0.1, 0.15) is 10.4 Å². The summed E-state index contributed by atoms with van der Waals surface area (Å²) in [4.78, 5) is 10.9. The largest absolute Gasteiger partial charge is 0.492 e. The number of nitrogens with zero attached hydrogens (tertiary/aromatic N) is 2. The summed E-state index contributed by atoms with van der Waals surface area (Å²) >= 11 is 0. The van der Waals surface area contributed by atoms with Gasteiger partial charge >= 0.3 is 5.97 Å². The first-order chi connectivity index (χ1) is 7.13. The molecule has 1 heterocycles. The molecule has 78 valence electrons. The van der Waals surface area contributed by atoms with Crippen LogP contribution in [-0.2, 0) is 0 Å². The molecule has 15 heavy (non-hydrogen) atoms. The topological polar surface area (TPSA) is 99.5 Å². The predicted molar refractivity (Wildman–Crippen MR) is 46.5 cm³/mol. The molecule has 0 unspecified atom stereocenters. The number of fused-ring (bicyclic) bond motifs is 1. The summed E-state index contributed by atoms with van der Waals surface area (Å²) in [5.41, 5.74) is 0.149. The van der Waals surface area contributed by atoms with Crippen LogP contribution in [0.15, 0.2) is 16.8 Å². The summed E-state index contributed by atoms with van der Waals surface area (Å²) in [6, 6.07) is 2.44. The van der Waals surface area contributed by atoms with Crippen LogP contribution in [-0.4, -0.2) is 23.3 Å². The van der Waals surface area contributed by atoms with E-state index in [2.05, 4.69) is 9.79 Å². The molecule has 0 saturated heterocycles. The van der Waals surface area contributed by atoms with Crippen molar-refractivity contribution in [3.05, 3.63) is 22.9 Å². The Bertz CT molecular complexity index is 533. The third kappa shape index (κ3) is 1.33. The molecule has 1 aromatic heterocycles. The Hall–Kier alpha value is -2.31. The van der Waals surface area contributed by atoms with Crippen molar-refractivity contribution in [3.63, 3.8) is 0 Å². The highest BCUT2D eigenvalue weighted by Gasteiger charge is 2.19. The maximum absolute atomic E-state index is 11.1. The van der Waals surface area contributed by atoms with Gasteiger partial charge in [0.05, 0.1) is 17.8 Å². The zero-order valence-corrected chi connectivity index (χ0v) is 7.63. The number of rotatable bonds is 2. The van der Waals surface area contributed by atoms with Crippen molar-refractivity contribution >= 4 is 17.0 Å². The molecule has 0 aliphatic heterocycles. The van der Waals surface area contributed by atoms with E-state index in [1.54, 1.807) is 0 Å². The number of hydrogen-bond donors (Lipinski definition) is 1. The minimum Gasteiger partial charge on any atom is -0.492 e. The fraction of sp³-hybridized carbons (Fsp3) is 0.125. The van der Waals surface area contributed by atoms with Gasteiger partial charge in [0.1, 0.15) is 0 Å². The lowest BCUT2D eigenvalue weighted by atomic mass is 10.2. The van der Waals surface area contributed by atoms with Crippen molar-refractivity contribution in [2.45, 2.75) is 0 Å². The quantitative estimate of drug-likeness (QED) is 0.709. The number of carboxylic acids is 1. The molecule has 0 atom stereocenters. The maximum atomic E-state index is 11.1. The molecule has 0 spiro atoms. The van der Waals surface area contributed by atoms with E-state index in [0.29, 0.717) is 0 Å². The molecule has 0 radical (unpaired) electrons. The first kappa shape index (κ1) is 9.25. The van der Waals surface area contributed by atoms with Crippen molar-refractivity contribution in [2.24, 2.45) is 0 Å².